The number of ether oxygens (including phenoxy) is 2. The highest BCUT2D eigenvalue weighted by Crippen LogP contribution is 2.35. The Hall–Kier alpha value is -1.92. The fourth-order valence-electron chi connectivity index (χ4n) is 3.20. The largest absolute Gasteiger partial charge is 0.443 e. The van der Waals surface area contributed by atoms with E-state index < -0.39 is 18.0 Å². The molecule has 1 unspecified atom stereocenters. The van der Waals surface area contributed by atoms with Crippen molar-refractivity contribution in [2.24, 2.45) is 5.92 Å². The van der Waals surface area contributed by atoms with E-state index in [0.717, 1.165) is 5.56 Å². The standard InChI is InChI=1S/C20H29NO5/c1-6-25-18(23)15-9-7-8-14(12-15)16-10-11-21(17(22)13(16)2)19(24)26-20(3,4)5/h7-9,12-13,16,18,23H,6,10-11H2,1-5H3/t13-,16+,18?/m1/s1. The number of benzene rings is 1. The van der Waals surface area contributed by atoms with Gasteiger partial charge in [0.1, 0.15) is 5.60 Å². The highest BCUT2D eigenvalue weighted by molar-refractivity contribution is 5.94. The van der Waals surface area contributed by atoms with Crippen LogP contribution in [0.2, 0.25) is 0 Å². The number of aliphatic hydroxyl groups is 1. The molecule has 2 rings (SSSR count). The van der Waals surface area contributed by atoms with E-state index >= 15 is 0 Å². The molecule has 3 atom stereocenters. The Balaban J connectivity index is 2.14. The zero-order valence-electron chi connectivity index (χ0n) is 16.2. The van der Waals surface area contributed by atoms with Gasteiger partial charge >= 0.3 is 6.09 Å². The Bertz CT molecular complexity index is 652. The molecule has 0 spiro atoms. The van der Waals surface area contributed by atoms with Crippen molar-refractivity contribution < 1.29 is 24.2 Å². The third kappa shape index (κ3) is 4.83. The molecule has 0 saturated carbocycles. The molecule has 0 radical (unpaired) electrons. The molecule has 0 bridgehead atoms. The van der Waals surface area contributed by atoms with Crippen molar-refractivity contribution in [1.82, 2.24) is 4.90 Å². The van der Waals surface area contributed by atoms with Crippen LogP contribution in [0.1, 0.15) is 64.4 Å². The fourth-order valence-corrected chi connectivity index (χ4v) is 3.20. The number of hydrogen-bond acceptors (Lipinski definition) is 5. The van der Waals surface area contributed by atoms with Crippen molar-refractivity contribution in [3.8, 4) is 0 Å². The molecule has 1 N–H and O–H groups in total. The van der Waals surface area contributed by atoms with Crippen molar-refractivity contribution in [3.05, 3.63) is 35.4 Å². The predicted molar refractivity (Wildman–Crippen MR) is 97.5 cm³/mol. The molecule has 0 aromatic heterocycles. The smallest absolute Gasteiger partial charge is 0.417 e. The van der Waals surface area contributed by atoms with Gasteiger partial charge in [0.2, 0.25) is 5.91 Å². The summed E-state index contributed by atoms with van der Waals surface area (Å²) < 4.78 is 10.6. The van der Waals surface area contributed by atoms with E-state index in [1.165, 1.54) is 4.90 Å². The summed E-state index contributed by atoms with van der Waals surface area (Å²) >= 11 is 0. The molecule has 6 heteroatoms. The lowest BCUT2D eigenvalue weighted by atomic mass is 9.80. The topological polar surface area (TPSA) is 76.1 Å². The number of amides is 2. The van der Waals surface area contributed by atoms with E-state index in [2.05, 4.69) is 0 Å². The Kier molecular flexibility index (Phi) is 6.42. The van der Waals surface area contributed by atoms with E-state index in [0.29, 0.717) is 25.1 Å². The van der Waals surface area contributed by atoms with E-state index in [9.17, 15) is 14.7 Å². The molecule has 1 heterocycles. The maximum Gasteiger partial charge on any atom is 0.417 e. The van der Waals surface area contributed by atoms with Crippen molar-refractivity contribution in [3.63, 3.8) is 0 Å². The molecule has 1 fully saturated rings. The average Bonchev–Trinajstić information content (AvgIpc) is 2.56. The lowest BCUT2D eigenvalue weighted by molar-refractivity contribution is -0.137. The highest BCUT2D eigenvalue weighted by atomic mass is 16.6. The summed E-state index contributed by atoms with van der Waals surface area (Å²) in [7, 11) is 0. The summed E-state index contributed by atoms with van der Waals surface area (Å²) in [4.78, 5) is 26.2. The van der Waals surface area contributed by atoms with Gasteiger partial charge in [-0.2, -0.15) is 0 Å². The number of rotatable bonds is 4. The number of nitrogens with zero attached hydrogens (tertiary/aromatic N) is 1. The van der Waals surface area contributed by atoms with Crippen LogP contribution in [-0.4, -0.2) is 40.8 Å². The number of carbonyl (C=O) groups is 2. The summed E-state index contributed by atoms with van der Waals surface area (Å²) in [6.45, 7) is 9.72. The summed E-state index contributed by atoms with van der Waals surface area (Å²) in [6.07, 6.45) is -0.915. The van der Waals surface area contributed by atoms with Crippen LogP contribution in [0.3, 0.4) is 0 Å². The highest BCUT2D eigenvalue weighted by Gasteiger charge is 2.39. The van der Waals surface area contributed by atoms with Gasteiger partial charge in [0.05, 0.1) is 0 Å². The maximum absolute atomic E-state index is 12.7. The van der Waals surface area contributed by atoms with Gasteiger partial charge in [0.25, 0.3) is 0 Å². The summed E-state index contributed by atoms with van der Waals surface area (Å²) in [5.74, 6) is -0.600. The molecule has 1 aliphatic heterocycles. The van der Waals surface area contributed by atoms with Crippen LogP contribution in [0.15, 0.2) is 24.3 Å². The minimum Gasteiger partial charge on any atom is -0.443 e. The molecule has 1 aromatic rings. The second-order valence-corrected chi connectivity index (χ2v) is 7.63. The number of hydrogen-bond donors (Lipinski definition) is 1. The Morgan fingerprint density at radius 3 is 2.69 bits per heavy atom. The third-order valence-corrected chi connectivity index (χ3v) is 4.49. The first kappa shape index (κ1) is 20.4. The maximum atomic E-state index is 12.7. The lowest BCUT2D eigenvalue weighted by Gasteiger charge is -2.36. The molecule has 144 valence electrons. The van der Waals surface area contributed by atoms with Crippen LogP contribution in [0.5, 0.6) is 0 Å². The second-order valence-electron chi connectivity index (χ2n) is 7.63. The average molecular weight is 363 g/mol. The van der Waals surface area contributed by atoms with Gasteiger partial charge in [-0.1, -0.05) is 31.2 Å². The molecule has 1 aliphatic rings. The molecule has 0 aliphatic carbocycles. The number of carbonyl (C=O) groups excluding carboxylic acids is 2. The van der Waals surface area contributed by atoms with Crippen LogP contribution >= 0.6 is 0 Å². The normalized spacial score (nSPS) is 22.2. The van der Waals surface area contributed by atoms with Gasteiger partial charge in [0.15, 0.2) is 6.29 Å². The van der Waals surface area contributed by atoms with Gasteiger partial charge in [-0.25, -0.2) is 9.69 Å². The van der Waals surface area contributed by atoms with E-state index in [1.54, 1.807) is 26.8 Å². The van der Waals surface area contributed by atoms with Crippen molar-refractivity contribution >= 4 is 12.0 Å². The molecule has 6 nitrogen and oxygen atoms in total. The fraction of sp³-hybridized carbons (Fsp3) is 0.600. The second kappa shape index (κ2) is 8.18. The minimum atomic E-state index is -0.979. The molecular formula is C20H29NO5. The zero-order valence-corrected chi connectivity index (χ0v) is 16.2. The monoisotopic (exact) mass is 363 g/mol. The van der Waals surface area contributed by atoms with Crippen LogP contribution in [-0.2, 0) is 14.3 Å². The quantitative estimate of drug-likeness (QED) is 0.827. The summed E-state index contributed by atoms with van der Waals surface area (Å²) in [6, 6.07) is 7.47. The van der Waals surface area contributed by atoms with E-state index in [4.69, 9.17) is 9.47 Å². The van der Waals surface area contributed by atoms with E-state index in [-0.39, 0.29) is 17.7 Å². The lowest BCUT2D eigenvalue weighted by Crippen LogP contribution is -2.48. The minimum absolute atomic E-state index is 0.0186. The first-order valence-electron chi connectivity index (χ1n) is 9.08. The predicted octanol–water partition coefficient (Wildman–Crippen LogP) is 3.60. The van der Waals surface area contributed by atoms with E-state index in [1.807, 2.05) is 32.0 Å². The van der Waals surface area contributed by atoms with Crippen LogP contribution in [0, 0.1) is 5.92 Å². The van der Waals surface area contributed by atoms with Gasteiger partial charge in [-0.15, -0.1) is 0 Å². The molecule has 1 saturated heterocycles. The summed E-state index contributed by atoms with van der Waals surface area (Å²) in [5.41, 5.74) is 0.991. The SMILES string of the molecule is CCOC(O)c1cccc([C@H]2CCN(C(=O)OC(C)(C)C)C(=O)[C@@H]2C)c1. The molecule has 2 amide bonds. The van der Waals surface area contributed by atoms with Gasteiger partial charge in [-0.05, 0) is 45.6 Å². The number of piperidine rings is 1. The van der Waals surface area contributed by atoms with Crippen LogP contribution in [0.25, 0.3) is 0 Å². The Morgan fingerprint density at radius 1 is 1.38 bits per heavy atom. The zero-order chi connectivity index (χ0) is 19.5. The van der Waals surface area contributed by atoms with Crippen molar-refractivity contribution in [2.75, 3.05) is 13.2 Å². The van der Waals surface area contributed by atoms with Crippen molar-refractivity contribution in [1.29, 1.82) is 0 Å². The Morgan fingerprint density at radius 2 is 2.08 bits per heavy atom. The number of imide groups is 1. The van der Waals surface area contributed by atoms with Crippen molar-refractivity contribution in [2.45, 2.75) is 58.8 Å². The molecular weight excluding hydrogens is 334 g/mol. The van der Waals surface area contributed by atoms with Gasteiger partial charge in [0, 0.05) is 24.6 Å². The van der Waals surface area contributed by atoms with Gasteiger partial charge < -0.3 is 14.6 Å². The number of aliphatic hydroxyl groups excluding tert-OH is 1. The summed E-state index contributed by atoms with van der Waals surface area (Å²) in [5, 5.41) is 10.0. The number of likely N-dealkylation sites (tertiary alicyclic amines) is 1. The van der Waals surface area contributed by atoms with Crippen LogP contribution < -0.4 is 0 Å². The van der Waals surface area contributed by atoms with Crippen LogP contribution in [0.4, 0.5) is 4.79 Å². The molecule has 26 heavy (non-hydrogen) atoms. The first-order valence-corrected chi connectivity index (χ1v) is 9.08. The Labute approximate surface area is 155 Å². The van der Waals surface area contributed by atoms with Gasteiger partial charge in [-0.3, -0.25) is 4.79 Å². The first-order chi connectivity index (χ1) is 12.1. The molecule has 1 aromatic carbocycles. The third-order valence-electron chi connectivity index (χ3n) is 4.49.